The maximum atomic E-state index is 12.1. The number of nitrogens with zero attached hydrogens (tertiary/aromatic N) is 3. The smallest absolute Gasteiger partial charge is 0.363 e. The molecule has 0 spiro atoms. The Balaban J connectivity index is 1.97. The first-order valence-electron chi connectivity index (χ1n) is 6.98. The number of aromatic nitrogens is 1. The van der Waals surface area contributed by atoms with E-state index in [1.807, 2.05) is 43.3 Å². The highest BCUT2D eigenvalue weighted by molar-refractivity contribution is 9.10. The Morgan fingerprint density at radius 3 is 2.83 bits per heavy atom. The van der Waals surface area contributed by atoms with E-state index in [1.165, 1.54) is 11.3 Å². The molecule has 0 atom stereocenters. The standard InChI is InChI=1S/C16H14BrN3O3S/c1-20(2)16-19-14(22-3)12(24-16)8-11-15(21)23-13(18-11)9-5-4-6-10(17)7-9/h4-8H,1-3H3/b11-8-. The van der Waals surface area contributed by atoms with Gasteiger partial charge in [0.05, 0.1) is 12.0 Å². The summed E-state index contributed by atoms with van der Waals surface area (Å²) in [6.45, 7) is 0. The number of thiazole rings is 1. The van der Waals surface area contributed by atoms with Gasteiger partial charge >= 0.3 is 5.97 Å². The van der Waals surface area contributed by atoms with E-state index in [1.54, 1.807) is 13.2 Å². The molecule has 3 rings (SSSR count). The molecule has 2 aromatic rings. The van der Waals surface area contributed by atoms with Crippen LogP contribution in [0.3, 0.4) is 0 Å². The number of anilines is 1. The molecule has 24 heavy (non-hydrogen) atoms. The fraction of sp³-hybridized carbons (Fsp3) is 0.188. The van der Waals surface area contributed by atoms with Crippen LogP contribution in [-0.4, -0.2) is 38.1 Å². The molecule has 0 unspecified atom stereocenters. The summed E-state index contributed by atoms with van der Waals surface area (Å²) < 4.78 is 11.4. The van der Waals surface area contributed by atoms with Gasteiger partial charge < -0.3 is 14.4 Å². The van der Waals surface area contributed by atoms with Crippen molar-refractivity contribution in [3.05, 3.63) is 44.9 Å². The van der Waals surface area contributed by atoms with Gasteiger partial charge in [-0.3, -0.25) is 0 Å². The van der Waals surface area contributed by atoms with Crippen molar-refractivity contribution in [2.75, 3.05) is 26.1 Å². The lowest BCUT2D eigenvalue weighted by Crippen LogP contribution is -2.07. The molecule has 0 aliphatic carbocycles. The third kappa shape index (κ3) is 3.34. The van der Waals surface area contributed by atoms with Crippen LogP contribution in [-0.2, 0) is 9.53 Å². The van der Waals surface area contributed by atoms with Crippen molar-refractivity contribution < 1.29 is 14.3 Å². The van der Waals surface area contributed by atoms with E-state index in [0.717, 1.165) is 15.2 Å². The highest BCUT2D eigenvalue weighted by atomic mass is 79.9. The zero-order chi connectivity index (χ0) is 17.3. The average molecular weight is 408 g/mol. The van der Waals surface area contributed by atoms with Crippen LogP contribution in [0.5, 0.6) is 5.88 Å². The number of hydrogen-bond donors (Lipinski definition) is 0. The highest BCUT2D eigenvalue weighted by Gasteiger charge is 2.25. The lowest BCUT2D eigenvalue weighted by atomic mass is 10.2. The fourth-order valence-electron chi connectivity index (χ4n) is 2.01. The molecule has 8 heteroatoms. The van der Waals surface area contributed by atoms with Crippen molar-refractivity contribution in [1.29, 1.82) is 0 Å². The predicted octanol–water partition coefficient (Wildman–Crippen LogP) is 3.32. The summed E-state index contributed by atoms with van der Waals surface area (Å²) in [6, 6.07) is 7.42. The highest BCUT2D eigenvalue weighted by Crippen LogP contribution is 2.33. The zero-order valence-corrected chi connectivity index (χ0v) is 15.6. The Kier molecular flexibility index (Phi) is 4.68. The second-order valence-corrected chi connectivity index (χ2v) is 7.04. The Morgan fingerprint density at radius 1 is 1.38 bits per heavy atom. The number of methoxy groups -OCH3 is 1. The summed E-state index contributed by atoms with van der Waals surface area (Å²) in [4.78, 5) is 23.3. The number of carbonyl (C=O) groups is 1. The van der Waals surface area contributed by atoms with Crippen LogP contribution in [0.4, 0.5) is 5.13 Å². The summed E-state index contributed by atoms with van der Waals surface area (Å²) in [5, 5.41) is 0.779. The minimum atomic E-state index is -0.494. The molecule has 0 N–H and O–H groups in total. The number of ether oxygens (including phenoxy) is 2. The van der Waals surface area contributed by atoms with Crippen LogP contribution >= 0.6 is 27.3 Å². The maximum Gasteiger partial charge on any atom is 0.363 e. The molecule has 1 aliphatic heterocycles. The fourth-order valence-corrected chi connectivity index (χ4v) is 3.31. The molecule has 0 fully saturated rings. The van der Waals surface area contributed by atoms with Gasteiger partial charge in [0, 0.05) is 24.1 Å². The summed E-state index contributed by atoms with van der Waals surface area (Å²) >= 11 is 4.80. The van der Waals surface area contributed by atoms with E-state index in [0.29, 0.717) is 10.8 Å². The minimum absolute atomic E-state index is 0.220. The first-order valence-corrected chi connectivity index (χ1v) is 8.59. The van der Waals surface area contributed by atoms with E-state index < -0.39 is 5.97 Å². The van der Waals surface area contributed by atoms with Crippen LogP contribution < -0.4 is 9.64 Å². The number of benzene rings is 1. The number of carbonyl (C=O) groups excluding carboxylic acids is 1. The van der Waals surface area contributed by atoms with Gasteiger partial charge in [-0.05, 0) is 24.3 Å². The molecule has 0 saturated carbocycles. The second kappa shape index (κ2) is 6.74. The van der Waals surface area contributed by atoms with Crippen molar-refractivity contribution in [1.82, 2.24) is 4.98 Å². The summed E-state index contributed by atoms with van der Waals surface area (Å²) in [7, 11) is 5.32. The van der Waals surface area contributed by atoms with E-state index in [4.69, 9.17) is 9.47 Å². The molecule has 0 saturated heterocycles. The van der Waals surface area contributed by atoms with Gasteiger partial charge in [0.1, 0.15) is 0 Å². The van der Waals surface area contributed by atoms with Gasteiger partial charge in [0.25, 0.3) is 0 Å². The molecule has 124 valence electrons. The number of hydrogen-bond acceptors (Lipinski definition) is 7. The van der Waals surface area contributed by atoms with Crippen LogP contribution in [0.1, 0.15) is 10.4 Å². The predicted molar refractivity (Wildman–Crippen MR) is 97.7 cm³/mol. The van der Waals surface area contributed by atoms with Crippen LogP contribution in [0.25, 0.3) is 6.08 Å². The van der Waals surface area contributed by atoms with Crippen LogP contribution in [0, 0.1) is 0 Å². The normalized spacial score (nSPS) is 15.4. The van der Waals surface area contributed by atoms with E-state index in [-0.39, 0.29) is 11.6 Å². The molecule has 1 aromatic heterocycles. The lowest BCUT2D eigenvalue weighted by molar-refractivity contribution is -0.129. The molecule has 0 bridgehead atoms. The van der Waals surface area contributed by atoms with Gasteiger partial charge in [-0.25, -0.2) is 9.79 Å². The quantitative estimate of drug-likeness (QED) is 0.574. The maximum absolute atomic E-state index is 12.1. The van der Waals surface area contributed by atoms with Crippen molar-refractivity contribution in [3.63, 3.8) is 0 Å². The van der Waals surface area contributed by atoms with Crippen LogP contribution in [0.2, 0.25) is 0 Å². The minimum Gasteiger partial charge on any atom is -0.480 e. The lowest BCUT2D eigenvalue weighted by Gasteiger charge is -2.04. The molecule has 2 heterocycles. The van der Waals surface area contributed by atoms with Gasteiger partial charge in [0.15, 0.2) is 10.8 Å². The number of cyclic esters (lactones) is 1. The Labute approximate surface area is 151 Å². The monoisotopic (exact) mass is 407 g/mol. The largest absolute Gasteiger partial charge is 0.480 e. The van der Waals surface area contributed by atoms with Crippen molar-refractivity contribution in [2.24, 2.45) is 4.99 Å². The number of aliphatic imine (C=N–C) groups is 1. The summed E-state index contributed by atoms with van der Waals surface area (Å²) in [5.74, 6) is 0.241. The SMILES string of the molecule is COc1nc(N(C)C)sc1/C=C1\N=C(c2cccc(Br)c2)OC1=O. The number of halogens is 1. The van der Waals surface area contributed by atoms with Gasteiger partial charge in [0.2, 0.25) is 11.8 Å². The molecule has 6 nitrogen and oxygen atoms in total. The zero-order valence-electron chi connectivity index (χ0n) is 13.2. The number of esters is 1. The first kappa shape index (κ1) is 16.7. The third-order valence-electron chi connectivity index (χ3n) is 3.15. The van der Waals surface area contributed by atoms with Crippen molar-refractivity contribution in [3.8, 4) is 5.88 Å². The second-order valence-electron chi connectivity index (χ2n) is 5.11. The summed E-state index contributed by atoms with van der Waals surface area (Å²) in [6.07, 6.45) is 1.64. The molecular weight excluding hydrogens is 394 g/mol. The Bertz CT molecular complexity index is 858. The topological polar surface area (TPSA) is 64.0 Å². The number of rotatable bonds is 4. The molecule has 1 aliphatic rings. The summed E-state index contributed by atoms with van der Waals surface area (Å²) in [5.41, 5.74) is 0.948. The van der Waals surface area contributed by atoms with Gasteiger partial charge in [-0.1, -0.05) is 33.3 Å². The van der Waals surface area contributed by atoms with Crippen molar-refractivity contribution >= 4 is 50.3 Å². The van der Waals surface area contributed by atoms with Gasteiger partial charge in [-0.2, -0.15) is 4.98 Å². The van der Waals surface area contributed by atoms with E-state index >= 15 is 0 Å². The van der Waals surface area contributed by atoms with Crippen molar-refractivity contribution in [2.45, 2.75) is 0 Å². The third-order valence-corrected chi connectivity index (χ3v) is 4.79. The van der Waals surface area contributed by atoms with E-state index in [9.17, 15) is 4.79 Å². The molecule has 0 amide bonds. The average Bonchev–Trinajstić information content (AvgIpc) is 3.12. The molecular formula is C16H14BrN3O3S. The Morgan fingerprint density at radius 2 is 2.17 bits per heavy atom. The van der Waals surface area contributed by atoms with E-state index in [2.05, 4.69) is 25.9 Å². The Hall–Kier alpha value is -2.19. The molecule has 0 radical (unpaired) electrons. The van der Waals surface area contributed by atoms with Crippen LogP contribution in [0.15, 0.2) is 39.4 Å². The molecule has 1 aromatic carbocycles. The first-order chi connectivity index (χ1) is 11.5. The van der Waals surface area contributed by atoms with Gasteiger partial charge in [-0.15, -0.1) is 0 Å².